The molecule has 1 aromatic heterocycles. The van der Waals surface area contributed by atoms with Crippen LogP contribution in [0.4, 0.5) is 11.4 Å². The second-order valence-electron chi connectivity index (χ2n) is 4.33. The molecule has 0 fully saturated rings. The molecule has 0 unspecified atom stereocenters. The fraction of sp³-hybridized carbons (Fsp3) is 0.214. The van der Waals surface area contributed by atoms with E-state index in [1.54, 1.807) is 23.5 Å². The summed E-state index contributed by atoms with van der Waals surface area (Å²) in [6.45, 7) is 0.290. The van der Waals surface area contributed by atoms with Crippen LogP contribution < -0.4 is 10.6 Å². The van der Waals surface area contributed by atoms with Crippen LogP contribution in [0.15, 0.2) is 35.7 Å². The Morgan fingerprint density at radius 2 is 2.16 bits per heavy atom. The maximum absolute atomic E-state index is 12.1. The molecule has 2 N–H and O–H groups in total. The number of ether oxygens (including phenoxy) is 1. The molecule has 1 aromatic carbocycles. The van der Waals surface area contributed by atoms with Gasteiger partial charge >= 0.3 is 5.97 Å². The molecule has 2 aromatic rings. The first-order valence-electron chi connectivity index (χ1n) is 5.84. The lowest BCUT2D eigenvalue weighted by Gasteiger charge is -2.17. The molecule has 0 aliphatic heterocycles. The van der Waals surface area contributed by atoms with Crippen molar-refractivity contribution in [3.63, 3.8) is 0 Å². The number of benzene rings is 1. The van der Waals surface area contributed by atoms with Crippen molar-refractivity contribution in [1.82, 2.24) is 0 Å². The molecule has 5 heteroatoms. The van der Waals surface area contributed by atoms with Crippen molar-refractivity contribution in [3.05, 3.63) is 46.2 Å². The lowest BCUT2D eigenvalue weighted by molar-refractivity contribution is 0.0477. The second kappa shape index (κ2) is 5.75. The van der Waals surface area contributed by atoms with Crippen molar-refractivity contribution in [2.75, 3.05) is 24.7 Å². The Bertz CT molecular complexity index is 565. The van der Waals surface area contributed by atoms with E-state index in [9.17, 15) is 4.79 Å². The van der Waals surface area contributed by atoms with Gasteiger partial charge in [-0.3, -0.25) is 0 Å². The molecule has 0 saturated carbocycles. The Hall–Kier alpha value is -2.01. The number of carbonyl (C=O) groups is 1. The highest BCUT2D eigenvalue weighted by molar-refractivity contribution is 7.09. The minimum atomic E-state index is -0.357. The SMILES string of the molecule is CN(C)c1ccc(N)cc1C(=O)OCc1cccs1. The van der Waals surface area contributed by atoms with E-state index in [0.717, 1.165) is 10.6 Å². The summed E-state index contributed by atoms with van der Waals surface area (Å²) in [6, 6.07) is 9.10. The van der Waals surface area contributed by atoms with Gasteiger partial charge in [0.05, 0.1) is 11.3 Å². The Labute approximate surface area is 116 Å². The number of nitrogens with two attached hydrogens (primary N) is 1. The molecule has 2 rings (SSSR count). The summed E-state index contributed by atoms with van der Waals surface area (Å²) in [7, 11) is 3.75. The second-order valence-corrected chi connectivity index (χ2v) is 5.36. The zero-order valence-electron chi connectivity index (χ0n) is 10.9. The molecule has 19 heavy (non-hydrogen) atoms. The third kappa shape index (κ3) is 3.26. The van der Waals surface area contributed by atoms with Crippen LogP contribution in [0.2, 0.25) is 0 Å². The lowest BCUT2D eigenvalue weighted by Crippen LogP contribution is -2.15. The van der Waals surface area contributed by atoms with Crippen LogP contribution >= 0.6 is 11.3 Å². The molecule has 0 spiro atoms. The maximum Gasteiger partial charge on any atom is 0.340 e. The standard InChI is InChI=1S/C14H16N2O2S/c1-16(2)13-6-5-10(15)8-12(13)14(17)18-9-11-4-3-7-19-11/h3-8H,9,15H2,1-2H3. The first kappa shape index (κ1) is 13.4. The molecule has 4 nitrogen and oxygen atoms in total. The van der Waals surface area contributed by atoms with Crippen molar-refractivity contribution in [2.45, 2.75) is 6.61 Å². The number of nitrogens with zero attached hydrogens (tertiary/aromatic N) is 1. The smallest absolute Gasteiger partial charge is 0.340 e. The Morgan fingerprint density at radius 1 is 1.37 bits per heavy atom. The highest BCUT2D eigenvalue weighted by Gasteiger charge is 2.15. The zero-order chi connectivity index (χ0) is 13.8. The summed E-state index contributed by atoms with van der Waals surface area (Å²) < 4.78 is 5.31. The molecule has 0 saturated heterocycles. The number of thiophene rings is 1. The van der Waals surface area contributed by atoms with Gasteiger partial charge in [0.1, 0.15) is 6.61 Å². The highest BCUT2D eigenvalue weighted by Crippen LogP contribution is 2.23. The topological polar surface area (TPSA) is 55.6 Å². The number of hydrogen-bond acceptors (Lipinski definition) is 5. The Kier molecular flexibility index (Phi) is 4.06. The van der Waals surface area contributed by atoms with Gasteiger partial charge in [0, 0.05) is 24.7 Å². The van der Waals surface area contributed by atoms with Crippen LogP contribution in [0.25, 0.3) is 0 Å². The summed E-state index contributed by atoms with van der Waals surface area (Å²) in [4.78, 5) is 15.0. The number of esters is 1. The van der Waals surface area contributed by atoms with E-state index in [1.807, 2.05) is 42.6 Å². The van der Waals surface area contributed by atoms with Crippen LogP contribution in [0.1, 0.15) is 15.2 Å². The van der Waals surface area contributed by atoms with Crippen molar-refractivity contribution in [3.8, 4) is 0 Å². The van der Waals surface area contributed by atoms with E-state index in [2.05, 4.69) is 0 Å². The lowest BCUT2D eigenvalue weighted by atomic mass is 10.1. The van der Waals surface area contributed by atoms with E-state index >= 15 is 0 Å². The Balaban J connectivity index is 2.16. The van der Waals surface area contributed by atoms with E-state index < -0.39 is 0 Å². The molecular weight excluding hydrogens is 260 g/mol. The number of nitrogen functional groups attached to an aromatic ring is 1. The minimum Gasteiger partial charge on any atom is -0.456 e. The molecule has 0 aliphatic carbocycles. The van der Waals surface area contributed by atoms with Crippen LogP contribution in [0.5, 0.6) is 0 Å². The molecule has 1 heterocycles. The summed E-state index contributed by atoms with van der Waals surface area (Å²) in [5.74, 6) is -0.357. The van der Waals surface area contributed by atoms with Crippen molar-refractivity contribution in [1.29, 1.82) is 0 Å². The van der Waals surface area contributed by atoms with Gasteiger partial charge in [-0.1, -0.05) is 6.07 Å². The van der Waals surface area contributed by atoms with Gasteiger partial charge in [-0.05, 0) is 29.6 Å². The molecule has 0 aliphatic rings. The number of anilines is 2. The van der Waals surface area contributed by atoms with Crippen LogP contribution in [-0.4, -0.2) is 20.1 Å². The quantitative estimate of drug-likeness (QED) is 0.689. The van der Waals surface area contributed by atoms with Crippen LogP contribution in [0, 0.1) is 0 Å². The van der Waals surface area contributed by atoms with Gasteiger partial charge in [0.2, 0.25) is 0 Å². The van der Waals surface area contributed by atoms with E-state index in [-0.39, 0.29) is 12.6 Å². The van der Waals surface area contributed by atoms with E-state index in [4.69, 9.17) is 10.5 Å². The largest absolute Gasteiger partial charge is 0.456 e. The average Bonchev–Trinajstić information content (AvgIpc) is 2.88. The van der Waals surface area contributed by atoms with Crippen LogP contribution in [0.3, 0.4) is 0 Å². The van der Waals surface area contributed by atoms with Crippen molar-refractivity contribution >= 4 is 28.7 Å². The van der Waals surface area contributed by atoms with Crippen molar-refractivity contribution in [2.24, 2.45) is 0 Å². The maximum atomic E-state index is 12.1. The third-order valence-electron chi connectivity index (χ3n) is 2.65. The van der Waals surface area contributed by atoms with Gasteiger partial charge in [0.25, 0.3) is 0 Å². The first-order valence-corrected chi connectivity index (χ1v) is 6.72. The summed E-state index contributed by atoms with van der Waals surface area (Å²) in [5.41, 5.74) is 7.57. The van der Waals surface area contributed by atoms with E-state index in [0.29, 0.717) is 11.3 Å². The summed E-state index contributed by atoms with van der Waals surface area (Å²) in [5, 5.41) is 1.95. The number of carbonyl (C=O) groups excluding carboxylic acids is 1. The van der Waals surface area contributed by atoms with Gasteiger partial charge < -0.3 is 15.4 Å². The normalized spacial score (nSPS) is 10.2. The Morgan fingerprint density at radius 3 is 2.79 bits per heavy atom. The monoisotopic (exact) mass is 276 g/mol. The van der Waals surface area contributed by atoms with Gasteiger partial charge in [-0.25, -0.2) is 4.79 Å². The summed E-state index contributed by atoms with van der Waals surface area (Å²) in [6.07, 6.45) is 0. The van der Waals surface area contributed by atoms with Crippen molar-refractivity contribution < 1.29 is 9.53 Å². The summed E-state index contributed by atoms with van der Waals surface area (Å²) >= 11 is 1.56. The molecular formula is C14H16N2O2S. The molecule has 0 atom stereocenters. The predicted octanol–water partition coefficient (Wildman–Crippen LogP) is 2.75. The number of rotatable bonds is 4. The molecule has 0 amide bonds. The fourth-order valence-electron chi connectivity index (χ4n) is 1.72. The van der Waals surface area contributed by atoms with E-state index in [1.165, 1.54) is 0 Å². The molecule has 100 valence electrons. The van der Waals surface area contributed by atoms with Gasteiger partial charge in [-0.2, -0.15) is 0 Å². The van der Waals surface area contributed by atoms with Crippen LogP contribution in [-0.2, 0) is 11.3 Å². The zero-order valence-corrected chi connectivity index (χ0v) is 11.7. The fourth-order valence-corrected chi connectivity index (χ4v) is 2.33. The van der Waals surface area contributed by atoms with Gasteiger partial charge in [0.15, 0.2) is 0 Å². The third-order valence-corrected chi connectivity index (χ3v) is 3.50. The van der Waals surface area contributed by atoms with Gasteiger partial charge in [-0.15, -0.1) is 11.3 Å². The molecule has 0 radical (unpaired) electrons. The number of hydrogen-bond donors (Lipinski definition) is 1. The minimum absolute atomic E-state index is 0.290. The molecule has 0 bridgehead atoms. The average molecular weight is 276 g/mol. The predicted molar refractivity (Wildman–Crippen MR) is 78.6 cm³/mol. The first-order chi connectivity index (χ1) is 9.08. The highest BCUT2D eigenvalue weighted by atomic mass is 32.1.